The summed E-state index contributed by atoms with van der Waals surface area (Å²) < 4.78 is 44.7. The number of anilines is 2. The number of phenolic OH excluding ortho intramolecular Hbond substituents is 1. The van der Waals surface area contributed by atoms with Crippen LogP contribution in [0.2, 0.25) is 5.02 Å². The molecule has 0 saturated carbocycles. The SMILES string of the molecule is C=CC(=O)N1CCN(C(=NC)c2cc(Cl)c(-c3c(O)cccc3F)nc2N(C=O)c2c(F)cccc2F)C(C)C1. The van der Waals surface area contributed by atoms with E-state index in [-0.39, 0.29) is 51.9 Å². The molecule has 2 amide bonds. The standard InChI is InChI=1S/C28H25ClF3N5O3/c1-4-23(40)35-11-12-36(16(2)14-35)27(33-3)17-13-18(29)25(24-19(30)7-6-10-22(24)39)34-28(17)37(15-38)26-20(31)8-5-9-21(26)32/h4-10,13,15-16,39H,1,11-12,14H2,2-3H3. The summed E-state index contributed by atoms with van der Waals surface area (Å²) in [5, 5.41) is 10.3. The molecule has 1 fully saturated rings. The molecular formula is C28H25ClF3N5O3. The second-order valence-corrected chi connectivity index (χ2v) is 9.35. The number of benzene rings is 2. The molecule has 1 atom stereocenters. The molecule has 1 aliphatic heterocycles. The predicted molar refractivity (Wildman–Crippen MR) is 146 cm³/mol. The average molecular weight is 572 g/mol. The summed E-state index contributed by atoms with van der Waals surface area (Å²) >= 11 is 6.56. The summed E-state index contributed by atoms with van der Waals surface area (Å²) in [5.41, 5.74) is -1.23. The number of para-hydroxylation sites is 1. The first-order valence-corrected chi connectivity index (χ1v) is 12.5. The second kappa shape index (κ2) is 11.8. The molecule has 8 nitrogen and oxygen atoms in total. The number of amidine groups is 1. The predicted octanol–water partition coefficient (Wildman–Crippen LogP) is 4.91. The van der Waals surface area contributed by atoms with Gasteiger partial charge >= 0.3 is 0 Å². The van der Waals surface area contributed by atoms with Gasteiger partial charge in [-0.25, -0.2) is 18.2 Å². The van der Waals surface area contributed by atoms with Gasteiger partial charge in [-0.15, -0.1) is 0 Å². The van der Waals surface area contributed by atoms with Crippen molar-refractivity contribution < 1.29 is 27.9 Å². The fraction of sp³-hybridized carbons (Fsp3) is 0.214. The van der Waals surface area contributed by atoms with Crippen LogP contribution in [-0.2, 0) is 9.59 Å². The van der Waals surface area contributed by atoms with Crippen molar-refractivity contribution in [2.75, 3.05) is 31.6 Å². The highest BCUT2D eigenvalue weighted by molar-refractivity contribution is 6.33. The Balaban J connectivity index is 1.95. The number of hydrogen-bond acceptors (Lipinski definition) is 5. The number of carbonyl (C=O) groups excluding carboxylic acids is 2. The Labute approximate surface area is 233 Å². The zero-order valence-corrected chi connectivity index (χ0v) is 22.4. The fourth-order valence-corrected chi connectivity index (χ4v) is 4.93. The van der Waals surface area contributed by atoms with Gasteiger partial charge in [-0.1, -0.05) is 30.3 Å². The van der Waals surface area contributed by atoms with Crippen molar-refractivity contribution in [2.45, 2.75) is 13.0 Å². The molecule has 0 spiro atoms. The first kappa shape index (κ1) is 28.6. The minimum atomic E-state index is -1.05. The molecule has 2 heterocycles. The molecule has 4 rings (SSSR count). The molecule has 3 aromatic rings. The van der Waals surface area contributed by atoms with E-state index in [1.165, 1.54) is 31.3 Å². The second-order valence-electron chi connectivity index (χ2n) is 8.95. The van der Waals surface area contributed by atoms with Crippen molar-refractivity contribution in [2.24, 2.45) is 4.99 Å². The molecular weight excluding hydrogens is 547 g/mol. The quantitative estimate of drug-likeness (QED) is 0.196. The van der Waals surface area contributed by atoms with Gasteiger partial charge in [-0.2, -0.15) is 0 Å². The third-order valence-electron chi connectivity index (χ3n) is 6.53. The molecule has 1 N–H and O–H groups in total. The Hall–Kier alpha value is -4.38. The normalized spacial score (nSPS) is 15.7. The maximum atomic E-state index is 14.9. The summed E-state index contributed by atoms with van der Waals surface area (Å²) in [5.74, 6) is -3.72. The Morgan fingerprint density at radius 2 is 1.82 bits per heavy atom. The summed E-state index contributed by atoms with van der Waals surface area (Å²) in [6.07, 6.45) is 1.39. The lowest BCUT2D eigenvalue weighted by Gasteiger charge is -2.41. The van der Waals surface area contributed by atoms with Crippen LogP contribution in [-0.4, -0.2) is 70.8 Å². The lowest BCUT2D eigenvalue weighted by atomic mass is 10.0. The van der Waals surface area contributed by atoms with E-state index in [1.807, 2.05) is 11.8 Å². The number of piperazine rings is 1. The molecule has 12 heteroatoms. The number of pyridine rings is 1. The van der Waals surface area contributed by atoms with Crippen molar-refractivity contribution >= 4 is 41.3 Å². The zero-order chi connectivity index (χ0) is 29.1. The van der Waals surface area contributed by atoms with E-state index in [0.29, 0.717) is 24.5 Å². The van der Waals surface area contributed by atoms with Crippen molar-refractivity contribution in [3.8, 4) is 17.0 Å². The molecule has 40 heavy (non-hydrogen) atoms. The number of aliphatic imine (C=N–C) groups is 1. The highest BCUT2D eigenvalue weighted by atomic mass is 35.5. The minimum Gasteiger partial charge on any atom is -0.507 e. The van der Waals surface area contributed by atoms with E-state index in [2.05, 4.69) is 16.6 Å². The van der Waals surface area contributed by atoms with Gasteiger partial charge in [-0.05, 0) is 43.3 Å². The van der Waals surface area contributed by atoms with Crippen LogP contribution in [0, 0.1) is 17.5 Å². The molecule has 1 aromatic heterocycles. The van der Waals surface area contributed by atoms with Crippen LogP contribution in [0.4, 0.5) is 24.7 Å². The van der Waals surface area contributed by atoms with Gasteiger partial charge in [0.25, 0.3) is 0 Å². The molecule has 208 valence electrons. The molecule has 1 saturated heterocycles. The van der Waals surface area contributed by atoms with Crippen LogP contribution in [0.1, 0.15) is 12.5 Å². The molecule has 1 aliphatic rings. The summed E-state index contributed by atoms with van der Waals surface area (Å²) in [6.45, 7) is 6.33. The van der Waals surface area contributed by atoms with Crippen LogP contribution in [0.25, 0.3) is 11.3 Å². The first-order valence-electron chi connectivity index (χ1n) is 12.1. The van der Waals surface area contributed by atoms with Crippen molar-refractivity contribution in [1.82, 2.24) is 14.8 Å². The van der Waals surface area contributed by atoms with Gasteiger partial charge in [0.15, 0.2) is 5.82 Å². The average Bonchev–Trinajstić information content (AvgIpc) is 2.92. The van der Waals surface area contributed by atoms with Gasteiger partial charge in [0.2, 0.25) is 12.3 Å². The third kappa shape index (κ3) is 5.24. The van der Waals surface area contributed by atoms with E-state index in [4.69, 9.17) is 11.6 Å². The Morgan fingerprint density at radius 3 is 2.40 bits per heavy atom. The summed E-state index contributed by atoms with van der Waals surface area (Å²) in [6, 6.07) is 7.73. The number of aromatic hydroxyl groups is 1. The zero-order valence-electron chi connectivity index (χ0n) is 21.6. The van der Waals surface area contributed by atoms with E-state index < -0.39 is 28.9 Å². The smallest absolute Gasteiger partial charge is 0.246 e. The number of phenols is 1. The van der Waals surface area contributed by atoms with Crippen molar-refractivity contribution in [3.05, 3.63) is 83.2 Å². The molecule has 0 bridgehead atoms. The van der Waals surface area contributed by atoms with E-state index in [1.54, 1.807) is 4.90 Å². The van der Waals surface area contributed by atoms with Gasteiger partial charge in [-0.3, -0.25) is 19.5 Å². The first-order chi connectivity index (χ1) is 19.1. The number of amides is 2. The van der Waals surface area contributed by atoms with Gasteiger partial charge in [0.05, 0.1) is 21.8 Å². The maximum absolute atomic E-state index is 14.9. The number of nitrogens with zero attached hydrogens (tertiary/aromatic N) is 5. The molecule has 1 unspecified atom stereocenters. The third-order valence-corrected chi connectivity index (χ3v) is 6.82. The monoisotopic (exact) mass is 571 g/mol. The number of carbonyl (C=O) groups is 2. The highest BCUT2D eigenvalue weighted by Crippen LogP contribution is 2.40. The summed E-state index contributed by atoms with van der Waals surface area (Å²) in [4.78, 5) is 37.5. The lowest BCUT2D eigenvalue weighted by molar-refractivity contribution is -0.128. The topological polar surface area (TPSA) is 89.3 Å². The fourth-order valence-electron chi connectivity index (χ4n) is 4.68. The maximum Gasteiger partial charge on any atom is 0.246 e. The van der Waals surface area contributed by atoms with E-state index >= 15 is 0 Å². The number of halogens is 4. The van der Waals surface area contributed by atoms with Crippen LogP contribution in [0.15, 0.2) is 60.1 Å². The highest BCUT2D eigenvalue weighted by Gasteiger charge is 2.33. The lowest BCUT2D eigenvalue weighted by Crippen LogP contribution is -2.55. The van der Waals surface area contributed by atoms with Gasteiger partial charge in [0, 0.05) is 32.7 Å². The Bertz CT molecular complexity index is 1480. The Kier molecular flexibility index (Phi) is 8.43. The number of aromatic nitrogens is 1. The van der Waals surface area contributed by atoms with Gasteiger partial charge < -0.3 is 14.9 Å². The molecule has 0 radical (unpaired) electrons. The van der Waals surface area contributed by atoms with Crippen LogP contribution < -0.4 is 4.90 Å². The largest absolute Gasteiger partial charge is 0.507 e. The van der Waals surface area contributed by atoms with E-state index in [9.17, 15) is 27.9 Å². The molecule has 2 aromatic carbocycles. The number of hydrogen-bond donors (Lipinski definition) is 1. The van der Waals surface area contributed by atoms with Gasteiger partial charge in [0.1, 0.15) is 34.7 Å². The van der Waals surface area contributed by atoms with E-state index in [0.717, 1.165) is 24.3 Å². The van der Waals surface area contributed by atoms with Crippen LogP contribution in [0.3, 0.4) is 0 Å². The molecule has 0 aliphatic carbocycles. The van der Waals surface area contributed by atoms with Crippen molar-refractivity contribution in [3.63, 3.8) is 0 Å². The van der Waals surface area contributed by atoms with Crippen LogP contribution in [0.5, 0.6) is 5.75 Å². The summed E-state index contributed by atoms with van der Waals surface area (Å²) in [7, 11) is 1.48. The van der Waals surface area contributed by atoms with Crippen molar-refractivity contribution in [1.29, 1.82) is 0 Å². The van der Waals surface area contributed by atoms with Crippen LogP contribution >= 0.6 is 11.6 Å². The minimum absolute atomic E-state index is 0.108. The Morgan fingerprint density at radius 1 is 1.18 bits per heavy atom. The number of rotatable bonds is 6.